The van der Waals surface area contributed by atoms with Gasteiger partial charge in [-0.15, -0.1) is 0 Å². The topological polar surface area (TPSA) is 59.3 Å². The molecule has 92 valence electrons. The van der Waals surface area contributed by atoms with Crippen LogP contribution in [0.4, 0.5) is 0 Å². The zero-order valence-electron chi connectivity index (χ0n) is 9.43. The molecule has 3 rings (SSSR count). The van der Waals surface area contributed by atoms with Crippen molar-refractivity contribution in [3.05, 3.63) is 35.1 Å². The lowest BCUT2D eigenvalue weighted by Crippen LogP contribution is -2.35. The zero-order valence-corrected chi connectivity index (χ0v) is 10.2. The molecule has 0 fully saturated rings. The van der Waals surface area contributed by atoms with Crippen LogP contribution in [0.5, 0.6) is 0 Å². The van der Waals surface area contributed by atoms with Gasteiger partial charge in [0.1, 0.15) is 5.76 Å². The van der Waals surface area contributed by atoms with Crippen LogP contribution in [-0.2, 0) is 16.3 Å². The Hall–Kier alpha value is -1.07. The molecule has 0 spiro atoms. The average molecular weight is 253 g/mol. The molecular formula is C12H15NO3S. The van der Waals surface area contributed by atoms with Crippen LogP contribution in [0.15, 0.2) is 28.2 Å². The highest BCUT2D eigenvalue weighted by atomic mass is 32.2. The SMILES string of the molecule is O=S1(=O)C=CC(NC2CCCc3occc32)C1. The Morgan fingerprint density at radius 2 is 2.29 bits per heavy atom. The van der Waals surface area contributed by atoms with Gasteiger partial charge in [-0.1, -0.05) is 6.08 Å². The number of aryl methyl sites for hydroxylation is 1. The fourth-order valence-corrected chi connectivity index (χ4v) is 3.85. The molecule has 0 radical (unpaired) electrons. The molecule has 1 aromatic rings. The predicted molar refractivity (Wildman–Crippen MR) is 64.2 cm³/mol. The first-order chi connectivity index (χ1) is 8.14. The van der Waals surface area contributed by atoms with Crippen molar-refractivity contribution in [1.29, 1.82) is 0 Å². The van der Waals surface area contributed by atoms with Crippen molar-refractivity contribution in [2.45, 2.75) is 31.3 Å². The van der Waals surface area contributed by atoms with Crippen molar-refractivity contribution in [2.75, 3.05) is 5.75 Å². The second-order valence-corrected chi connectivity index (χ2v) is 6.61. The van der Waals surface area contributed by atoms with E-state index in [9.17, 15) is 8.42 Å². The largest absolute Gasteiger partial charge is 0.469 e. The lowest BCUT2D eigenvalue weighted by atomic mass is 9.93. The van der Waals surface area contributed by atoms with Gasteiger partial charge in [-0.2, -0.15) is 0 Å². The third-order valence-corrected chi connectivity index (χ3v) is 4.79. The van der Waals surface area contributed by atoms with E-state index in [1.807, 2.05) is 6.07 Å². The molecule has 1 N–H and O–H groups in total. The summed E-state index contributed by atoms with van der Waals surface area (Å²) in [6.07, 6.45) is 6.56. The van der Waals surface area contributed by atoms with Gasteiger partial charge in [-0.3, -0.25) is 0 Å². The van der Waals surface area contributed by atoms with Crippen LogP contribution >= 0.6 is 0 Å². The highest BCUT2D eigenvalue weighted by Gasteiger charge is 2.28. The van der Waals surface area contributed by atoms with E-state index < -0.39 is 9.84 Å². The van der Waals surface area contributed by atoms with E-state index in [2.05, 4.69) is 5.32 Å². The molecule has 0 saturated carbocycles. The first kappa shape index (κ1) is 11.0. The van der Waals surface area contributed by atoms with Gasteiger partial charge in [0.05, 0.1) is 12.0 Å². The second kappa shape index (κ2) is 3.99. The van der Waals surface area contributed by atoms with Crippen LogP contribution in [-0.4, -0.2) is 20.2 Å². The van der Waals surface area contributed by atoms with E-state index in [1.165, 1.54) is 11.0 Å². The Balaban J connectivity index is 1.74. The summed E-state index contributed by atoms with van der Waals surface area (Å²) in [6.45, 7) is 0. The Morgan fingerprint density at radius 1 is 1.41 bits per heavy atom. The molecule has 2 atom stereocenters. The first-order valence-electron chi connectivity index (χ1n) is 5.87. The van der Waals surface area contributed by atoms with E-state index >= 15 is 0 Å². The highest BCUT2D eigenvalue weighted by Crippen LogP contribution is 2.31. The van der Waals surface area contributed by atoms with Gasteiger partial charge in [0, 0.05) is 29.5 Å². The van der Waals surface area contributed by atoms with Crippen molar-refractivity contribution in [1.82, 2.24) is 5.32 Å². The Morgan fingerprint density at radius 3 is 3.06 bits per heavy atom. The molecule has 17 heavy (non-hydrogen) atoms. The van der Waals surface area contributed by atoms with Crippen LogP contribution in [0.1, 0.15) is 30.2 Å². The molecule has 2 unspecified atom stereocenters. The van der Waals surface area contributed by atoms with Crippen LogP contribution in [0.25, 0.3) is 0 Å². The van der Waals surface area contributed by atoms with Crippen molar-refractivity contribution in [3.8, 4) is 0 Å². The highest BCUT2D eigenvalue weighted by molar-refractivity contribution is 7.94. The molecule has 1 aliphatic heterocycles. The third-order valence-electron chi connectivity index (χ3n) is 3.40. The standard InChI is InChI=1S/C12H15NO3S/c14-17(15)7-5-9(8-17)13-11-2-1-3-12-10(11)4-6-16-12/h4-7,9,11,13H,1-3,8H2. The van der Waals surface area contributed by atoms with Gasteiger partial charge < -0.3 is 9.73 Å². The van der Waals surface area contributed by atoms with Gasteiger partial charge >= 0.3 is 0 Å². The van der Waals surface area contributed by atoms with Gasteiger partial charge in [0.2, 0.25) is 0 Å². The maximum absolute atomic E-state index is 11.3. The monoisotopic (exact) mass is 253 g/mol. The second-order valence-electron chi connectivity index (χ2n) is 4.68. The Labute approximate surface area is 101 Å². The lowest BCUT2D eigenvalue weighted by molar-refractivity contribution is 0.402. The van der Waals surface area contributed by atoms with E-state index in [0.29, 0.717) is 0 Å². The molecule has 4 nitrogen and oxygen atoms in total. The van der Waals surface area contributed by atoms with Crippen molar-refractivity contribution in [3.63, 3.8) is 0 Å². The van der Waals surface area contributed by atoms with Crippen LogP contribution in [0.3, 0.4) is 0 Å². The maximum Gasteiger partial charge on any atom is 0.173 e. The molecule has 0 bridgehead atoms. The average Bonchev–Trinajstić information content (AvgIpc) is 2.85. The molecule has 0 aromatic carbocycles. The summed E-state index contributed by atoms with van der Waals surface area (Å²) in [5.74, 6) is 1.22. The summed E-state index contributed by atoms with van der Waals surface area (Å²) >= 11 is 0. The summed E-state index contributed by atoms with van der Waals surface area (Å²) in [5.41, 5.74) is 1.19. The number of hydrogen-bond acceptors (Lipinski definition) is 4. The Kier molecular flexibility index (Phi) is 2.60. The fourth-order valence-electron chi connectivity index (χ4n) is 2.60. The van der Waals surface area contributed by atoms with Crippen molar-refractivity contribution in [2.24, 2.45) is 0 Å². The number of rotatable bonds is 2. The molecule has 5 heteroatoms. The van der Waals surface area contributed by atoms with E-state index in [-0.39, 0.29) is 17.8 Å². The van der Waals surface area contributed by atoms with Crippen molar-refractivity contribution < 1.29 is 12.8 Å². The minimum Gasteiger partial charge on any atom is -0.469 e. The zero-order chi connectivity index (χ0) is 11.9. The molecule has 2 aliphatic rings. The maximum atomic E-state index is 11.3. The van der Waals surface area contributed by atoms with Crippen LogP contribution < -0.4 is 5.32 Å². The molecule has 1 aromatic heterocycles. The summed E-state index contributed by atoms with van der Waals surface area (Å²) in [4.78, 5) is 0. The van der Waals surface area contributed by atoms with Crippen LogP contribution in [0.2, 0.25) is 0 Å². The van der Waals surface area contributed by atoms with Gasteiger partial charge in [-0.05, 0) is 18.9 Å². The van der Waals surface area contributed by atoms with E-state index in [1.54, 1.807) is 12.3 Å². The summed E-state index contributed by atoms with van der Waals surface area (Å²) in [7, 11) is -2.98. The normalized spacial score (nSPS) is 30.4. The fraction of sp³-hybridized carbons (Fsp3) is 0.500. The molecule has 2 heterocycles. The molecule has 0 amide bonds. The van der Waals surface area contributed by atoms with E-state index in [0.717, 1.165) is 25.0 Å². The Bertz CT molecular complexity index is 544. The molecule has 1 aliphatic carbocycles. The minimum atomic E-state index is -2.98. The summed E-state index contributed by atoms with van der Waals surface area (Å²) in [5, 5.41) is 4.70. The number of fused-ring (bicyclic) bond motifs is 1. The van der Waals surface area contributed by atoms with Gasteiger partial charge in [0.15, 0.2) is 9.84 Å². The number of sulfone groups is 1. The number of nitrogens with one attached hydrogen (secondary N) is 1. The summed E-state index contributed by atoms with van der Waals surface area (Å²) < 4.78 is 28.1. The third kappa shape index (κ3) is 2.17. The smallest absolute Gasteiger partial charge is 0.173 e. The number of hydrogen-bond donors (Lipinski definition) is 1. The van der Waals surface area contributed by atoms with Crippen molar-refractivity contribution >= 4 is 9.84 Å². The molecule has 0 saturated heterocycles. The minimum absolute atomic E-state index is 0.0640. The van der Waals surface area contributed by atoms with Crippen LogP contribution in [0, 0.1) is 0 Å². The first-order valence-corrected chi connectivity index (χ1v) is 7.59. The van der Waals surface area contributed by atoms with Gasteiger partial charge in [-0.25, -0.2) is 8.42 Å². The molecular weight excluding hydrogens is 238 g/mol. The number of furan rings is 1. The van der Waals surface area contributed by atoms with E-state index in [4.69, 9.17) is 4.42 Å². The quantitative estimate of drug-likeness (QED) is 0.869. The predicted octanol–water partition coefficient (Wildman–Crippen LogP) is 1.56. The lowest BCUT2D eigenvalue weighted by Gasteiger charge is -2.25. The van der Waals surface area contributed by atoms with Gasteiger partial charge in [0.25, 0.3) is 0 Å². The summed E-state index contributed by atoms with van der Waals surface area (Å²) in [6, 6.07) is 2.14.